The zero-order valence-corrected chi connectivity index (χ0v) is 6.49. The number of esters is 1. The predicted molar refractivity (Wildman–Crippen MR) is 37.8 cm³/mol. The molecule has 0 fully saturated rings. The minimum absolute atomic E-state index is 0.116. The normalized spacial score (nSPS) is 10.5. The molecule has 0 saturated carbocycles. The van der Waals surface area contributed by atoms with Gasteiger partial charge in [-0.15, -0.1) is 0 Å². The van der Waals surface area contributed by atoms with Crippen LogP contribution in [0.5, 0.6) is 0 Å². The first-order chi connectivity index (χ1) is 5.26. The van der Waals surface area contributed by atoms with Crippen molar-refractivity contribution in [1.29, 1.82) is 0 Å². The van der Waals surface area contributed by atoms with Crippen LogP contribution in [-0.2, 0) is 19.1 Å². The smallest absolute Gasteiger partial charge is 0.344 e. The SMILES string of the molecule is CCOC(=O)/C(C=O)=C\OC. The number of rotatable bonds is 4. The van der Waals surface area contributed by atoms with Crippen LogP contribution in [0.4, 0.5) is 0 Å². The van der Waals surface area contributed by atoms with Crippen LogP contribution in [-0.4, -0.2) is 26.0 Å². The third-order valence-electron chi connectivity index (χ3n) is 0.883. The first kappa shape index (κ1) is 9.68. The number of aldehydes is 1. The minimum Gasteiger partial charge on any atom is -0.503 e. The van der Waals surface area contributed by atoms with Crippen molar-refractivity contribution in [3.05, 3.63) is 11.8 Å². The topological polar surface area (TPSA) is 52.6 Å². The number of carbonyl (C=O) groups is 2. The fraction of sp³-hybridized carbons (Fsp3) is 0.429. The molecule has 0 spiro atoms. The first-order valence-electron chi connectivity index (χ1n) is 3.11. The van der Waals surface area contributed by atoms with Gasteiger partial charge in [-0.25, -0.2) is 4.79 Å². The van der Waals surface area contributed by atoms with E-state index in [1.807, 2.05) is 0 Å². The van der Waals surface area contributed by atoms with E-state index in [0.29, 0.717) is 6.29 Å². The highest BCUT2D eigenvalue weighted by Gasteiger charge is 2.08. The summed E-state index contributed by atoms with van der Waals surface area (Å²) in [5.74, 6) is -0.663. The summed E-state index contributed by atoms with van der Waals surface area (Å²) < 4.78 is 9.00. The third-order valence-corrected chi connectivity index (χ3v) is 0.883. The Labute approximate surface area is 64.8 Å². The Kier molecular flexibility index (Phi) is 4.81. The summed E-state index contributed by atoms with van der Waals surface area (Å²) >= 11 is 0. The van der Waals surface area contributed by atoms with Gasteiger partial charge in [0.1, 0.15) is 11.8 Å². The predicted octanol–water partition coefficient (Wildman–Crippen LogP) is 0.279. The van der Waals surface area contributed by atoms with Crippen molar-refractivity contribution >= 4 is 12.3 Å². The molecular weight excluding hydrogens is 148 g/mol. The Bertz CT molecular complexity index is 171. The summed E-state index contributed by atoms with van der Waals surface area (Å²) in [5.41, 5.74) is -0.116. The number of hydrogen-bond acceptors (Lipinski definition) is 4. The van der Waals surface area contributed by atoms with Gasteiger partial charge in [0.25, 0.3) is 0 Å². The van der Waals surface area contributed by atoms with Crippen molar-refractivity contribution < 1.29 is 19.1 Å². The molecule has 0 bridgehead atoms. The molecule has 0 radical (unpaired) electrons. The summed E-state index contributed by atoms with van der Waals surface area (Å²) in [5, 5.41) is 0. The lowest BCUT2D eigenvalue weighted by atomic mass is 10.3. The Balaban J connectivity index is 4.14. The lowest BCUT2D eigenvalue weighted by Crippen LogP contribution is -2.08. The molecule has 0 aliphatic heterocycles. The average Bonchev–Trinajstić information content (AvgIpc) is 2.00. The fourth-order valence-electron chi connectivity index (χ4n) is 0.465. The number of methoxy groups -OCH3 is 1. The van der Waals surface area contributed by atoms with Crippen molar-refractivity contribution in [2.75, 3.05) is 13.7 Å². The van der Waals surface area contributed by atoms with E-state index in [1.54, 1.807) is 6.92 Å². The fourth-order valence-corrected chi connectivity index (χ4v) is 0.465. The van der Waals surface area contributed by atoms with E-state index in [4.69, 9.17) is 0 Å². The maximum absolute atomic E-state index is 10.8. The molecule has 62 valence electrons. The quantitative estimate of drug-likeness (QED) is 0.147. The van der Waals surface area contributed by atoms with Gasteiger partial charge in [0, 0.05) is 0 Å². The highest BCUT2D eigenvalue weighted by Crippen LogP contribution is 1.93. The minimum atomic E-state index is -0.663. The zero-order valence-electron chi connectivity index (χ0n) is 6.49. The van der Waals surface area contributed by atoms with Gasteiger partial charge in [-0.05, 0) is 6.92 Å². The summed E-state index contributed by atoms with van der Waals surface area (Å²) in [4.78, 5) is 20.9. The molecule has 0 saturated heterocycles. The van der Waals surface area contributed by atoms with E-state index in [9.17, 15) is 9.59 Å². The molecule has 0 aliphatic carbocycles. The van der Waals surface area contributed by atoms with E-state index in [1.165, 1.54) is 7.11 Å². The van der Waals surface area contributed by atoms with E-state index in [2.05, 4.69) is 9.47 Å². The molecule has 0 amide bonds. The molecule has 4 nitrogen and oxygen atoms in total. The molecule has 0 aliphatic rings. The van der Waals surface area contributed by atoms with Gasteiger partial charge >= 0.3 is 5.97 Å². The molecule has 0 rings (SSSR count). The van der Waals surface area contributed by atoms with Crippen LogP contribution in [0.25, 0.3) is 0 Å². The Morgan fingerprint density at radius 2 is 2.18 bits per heavy atom. The maximum atomic E-state index is 10.8. The van der Waals surface area contributed by atoms with Crippen molar-refractivity contribution in [1.82, 2.24) is 0 Å². The van der Waals surface area contributed by atoms with E-state index in [0.717, 1.165) is 6.26 Å². The van der Waals surface area contributed by atoms with Crippen molar-refractivity contribution in [2.45, 2.75) is 6.92 Å². The van der Waals surface area contributed by atoms with Crippen LogP contribution >= 0.6 is 0 Å². The van der Waals surface area contributed by atoms with Crippen LogP contribution < -0.4 is 0 Å². The van der Waals surface area contributed by atoms with Gasteiger partial charge in [0.05, 0.1) is 13.7 Å². The summed E-state index contributed by atoms with van der Waals surface area (Å²) in [6.07, 6.45) is 1.44. The summed E-state index contributed by atoms with van der Waals surface area (Å²) in [6.45, 7) is 1.90. The molecule has 0 aromatic carbocycles. The van der Waals surface area contributed by atoms with Crippen molar-refractivity contribution in [2.24, 2.45) is 0 Å². The van der Waals surface area contributed by atoms with Crippen molar-refractivity contribution in [3.63, 3.8) is 0 Å². The highest BCUT2D eigenvalue weighted by atomic mass is 16.5. The third kappa shape index (κ3) is 3.40. The van der Waals surface area contributed by atoms with Crippen LogP contribution in [0, 0.1) is 0 Å². The molecule has 0 aromatic rings. The van der Waals surface area contributed by atoms with Gasteiger partial charge in [0.2, 0.25) is 0 Å². The van der Waals surface area contributed by atoms with E-state index < -0.39 is 5.97 Å². The molecule has 0 unspecified atom stereocenters. The Morgan fingerprint density at radius 3 is 2.55 bits per heavy atom. The largest absolute Gasteiger partial charge is 0.503 e. The molecule has 0 heterocycles. The van der Waals surface area contributed by atoms with Crippen LogP contribution in [0.2, 0.25) is 0 Å². The van der Waals surface area contributed by atoms with Crippen LogP contribution in [0.3, 0.4) is 0 Å². The summed E-state index contributed by atoms with van der Waals surface area (Å²) in [7, 11) is 1.35. The maximum Gasteiger partial charge on any atom is 0.344 e. The zero-order chi connectivity index (χ0) is 8.69. The van der Waals surface area contributed by atoms with Gasteiger partial charge < -0.3 is 9.47 Å². The number of carbonyl (C=O) groups excluding carboxylic acids is 2. The monoisotopic (exact) mass is 158 g/mol. The lowest BCUT2D eigenvalue weighted by molar-refractivity contribution is -0.139. The molecular formula is C7H10O4. The molecule has 11 heavy (non-hydrogen) atoms. The Morgan fingerprint density at radius 1 is 1.55 bits per heavy atom. The van der Waals surface area contributed by atoms with Crippen molar-refractivity contribution in [3.8, 4) is 0 Å². The van der Waals surface area contributed by atoms with Gasteiger partial charge in [-0.3, -0.25) is 4.79 Å². The first-order valence-corrected chi connectivity index (χ1v) is 3.11. The van der Waals surface area contributed by atoms with Crippen LogP contribution in [0.15, 0.2) is 11.8 Å². The second kappa shape index (κ2) is 5.46. The molecule has 4 heteroatoms. The van der Waals surface area contributed by atoms with Gasteiger partial charge in [0.15, 0.2) is 6.29 Å². The second-order valence-electron chi connectivity index (χ2n) is 1.65. The van der Waals surface area contributed by atoms with Gasteiger partial charge in [-0.2, -0.15) is 0 Å². The molecule has 0 N–H and O–H groups in total. The average molecular weight is 158 g/mol. The number of ether oxygens (including phenoxy) is 2. The van der Waals surface area contributed by atoms with E-state index in [-0.39, 0.29) is 12.2 Å². The highest BCUT2D eigenvalue weighted by molar-refractivity contribution is 6.07. The standard InChI is InChI=1S/C7H10O4/c1-3-11-7(9)6(4-8)5-10-2/h4-5H,3H2,1-2H3/b6-5-. The summed E-state index contributed by atoms with van der Waals surface area (Å²) in [6, 6.07) is 0. The Hall–Kier alpha value is -1.32. The lowest BCUT2D eigenvalue weighted by Gasteiger charge is -1.98. The van der Waals surface area contributed by atoms with Gasteiger partial charge in [-0.1, -0.05) is 0 Å². The molecule has 0 aromatic heterocycles. The number of hydrogen-bond donors (Lipinski definition) is 0. The molecule has 0 atom stereocenters. The van der Waals surface area contributed by atoms with E-state index >= 15 is 0 Å². The second-order valence-corrected chi connectivity index (χ2v) is 1.65. The van der Waals surface area contributed by atoms with Crippen LogP contribution in [0.1, 0.15) is 6.92 Å².